The predicted molar refractivity (Wildman–Crippen MR) is 143 cm³/mol. The number of carbonyl (C=O) groups excluding carboxylic acids is 2. The lowest BCUT2D eigenvalue weighted by molar-refractivity contribution is -0.140. The second kappa shape index (κ2) is 12.9. The van der Waals surface area contributed by atoms with Crippen LogP contribution in [0.25, 0.3) is 5.76 Å². The first-order valence-corrected chi connectivity index (χ1v) is 12.7. The predicted octanol–water partition coefficient (Wildman–Crippen LogP) is 5.00. The Bertz CT molecular complexity index is 1210. The molecule has 206 valence electrons. The lowest BCUT2D eigenvalue weighted by Gasteiger charge is -2.26. The van der Waals surface area contributed by atoms with E-state index in [2.05, 4.69) is 0 Å². The van der Waals surface area contributed by atoms with E-state index in [0.717, 1.165) is 0 Å². The number of methoxy groups -OCH3 is 3. The first-order chi connectivity index (χ1) is 18.2. The van der Waals surface area contributed by atoms with Gasteiger partial charge in [-0.25, -0.2) is 0 Å². The number of amides is 1. The Morgan fingerprint density at radius 2 is 1.68 bits per heavy atom. The van der Waals surface area contributed by atoms with Crippen LogP contribution in [0, 0.1) is 0 Å². The van der Waals surface area contributed by atoms with Crippen molar-refractivity contribution in [3.8, 4) is 23.0 Å². The highest BCUT2D eigenvalue weighted by atomic mass is 35.5. The van der Waals surface area contributed by atoms with E-state index in [1.165, 1.54) is 38.4 Å². The Morgan fingerprint density at radius 1 is 1.00 bits per heavy atom. The molecule has 1 N–H and O–H groups in total. The van der Waals surface area contributed by atoms with Crippen LogP contribution in [0.5, 0.6) is 23.0 Å². The van der Waals surface area contributed by atoms with Crippen molar-refractivity contribution in [2.45, 2.75) is 39.3 Å². The molecule has 1 amide bonds. The SMILES string of the molecule is CCOc1cc(C2/C(=C(\O)c3cc(OC)c(Cl)cc3OC)C(=O)C(=O)N2CCCOC(C)C)ccc1OC. The summed E-state index contributed by atoms with van der Waals surface area (Å²) in [6, 6.07) is 7.20. The number of ether oxygens (including phenoxy) is 5. The van der Waals surface area contributed by atoms with E-state index in [0.29, 0.717) is 36.7 Å². The standard InChI is InChI=1S/C28H34ClNO8/c1-7-37-23-13-17(9-10-20(23)34-4)25-24(27(32)28(33)30(25)11-8-12-38-16(2)3)26(31)18-14-22(36-6)19(29)15-21(18)35-5/h9-10,13-16,25,31H,7-8,11-12H2,1-6H3/b26-24+. The van der Waals surface area contributed by atoms with Gasteiger partial charge in [-0.3, -0.25) is 9.59 Å². The van der Waals surface area contributed by atoms with Gasteiger partial charge in [0.05, 0.1) is 56.2 Å². The Morgan fingerprint density at radius 3 is 2.29 bits per heavy atom. The lowest BCUT2D eigenvalue weighted by Crippen LogP contribution is -2.31. The van der Waals surface area contributed by atoms with Gasteiger partial charge in [0, 0.05) is 19.2 Å². The first kappa shape index (κ1) is 29.1. The number of likely N-dealkylation sites (tertiary alicyclic amines) is 1. The number of aliphatic hydroxyl groups is 1. The van der Waals surface area contributed by atoms with Crippen LogP contribution in [0.15, 0.2) is 35.9 Å². The van der Waals surface area contributed by atoms with Crippen LogP contribution in [0.1, 0.15) is 44.4 Å². The Labute approximate surface area is 227 Å². The van der Waals surface area contributed by atoms with Crippen LogP contribution >= 0.6 is 11.6 Å². The molecule has 1 heterocycles. The fourth-order valence-electron chi connectivity index (χ4n) is 4.33. The van der Waals surface area contributed by atoms with Crippen molar-refractivity contribution in [3.05, 3.63) is 52.1 Å². The zero-order valence-corrected chi connectivity index (χ0v) is 23.3. The third-order valence-electron chi connectivity index (χ3n) is 6.07. The van der Waals surface area contributed by atoms with Gasteiger partial charge >= 0.3 is 0 Å². The molecular weight excluding hydrogens is 514 g/mol. The van der Waals surface area contributed by atoms with Crippen LogP contribution in [0.4, 0.5) is 0 Å². The molecule has 9 nitrogen and oxygen atoms in total. The molecule has 0 spiro atoms. The van der Waals surface area contributed by atoms with Crippen LogP contribution in [0.3, 0.4) is 0 Å². The monoisotopic (exact) mass is 547 g/mol. The van der Waals surface area contributed by atoms with E-state index in [1.54, 1.807) is 18.2 Å². The lowest BCUT2D eigenvalue weighted by atomic mass is 9.94. The highest BCUT2D eigenvalue weighted by molar-refractivity contribution is 6.46. The maximum absolute atomic E-state index is 13.4. The molecule has 2 aromatic rings. The van der Waals surface area contributed by atoms with Crippen LogP contribution in [0.2, 0.25) is 5.02 Å². The highest BCUT2D eigenvalue weighted by Crippen LogP contribution is 2.44. The molecule has 1 aliphatic rings. The number of benzene rings is 2. The largest absolute Gasteiger partial charge is 0.507 e. The van der Waals surface area contributed by atoms with Gasteiger partial charge < -0.3 is 33.7 Å². The summed E-state index contributed by atoms with van der Waals surface area (Å²) >= 11 is 6.24. The van der Waals surface area contributed by atoms with Crippen molar-refractivity contribution in [1.29, 1.82) is 0 Å². The number of hydrogen-bond acceptors (Lipinski definition) is 8. The molecule has 0 aliphatic carbocycles. The average molecular weight is 548 g/mol. The molecule has 1 fully saturated rings. The molecule has 3 rings (SSSR count). The van der Waals surface area contributed by atoms with Crippen LogP contribution in [-0.4, -0.2) is 68.9 Å². The minimum atomic E-state index is -0.898. The maximum Gasteiger partial charge on any atom is 0.295 e. The minimum Gasteiger partial charge on any atom is -0.507 e. The van der Waals surface area contributed by atoms with Gasteiger partial charge in [-0.15, -0.1) is 0 Å². The molecule has 0 saturated carbocycles. The number of Topliss-reactive ketones (excluding diaryl/α,β-unsaturated/α-hetero) is 1. The van der Waals surface area contributed by atoms with Crippen LogP contribution in [-0.2, 0) is 14.3 Å². The van der Waals surface area contributed by atoms with Gasteiger partial charge in [0.15, 0.2) is 11.5 Å². The average Bonchev–Trinajstić information content (AvgIpc) is 3.15. The molecule has 1 atom stereocenters. The summed E-state index contributed by atoms with van der Waals surface area (Å²) < 4.78 is 27.5. The summed E-state index contributed by atoms with van der Waals surface area (Å²) in [7, 11) is 4.37. The summed E-state index contributed by atoms with van der Waals surface area (Å²) in [5.74, 6) is -0.511. The normalized spacial score (nSPS) is 16.7. The quantitative estimate of drug-likeness (QED) is 0.171. The number of rotatable bonds is 12. The van der Waals surface area contributed by atoms with Crippen molar-refractivity contribution in [2.24, 2.45) is 0 Å². The summed E-state index contributed by atoms with van der Waals surface area (Å²) in [5.41, 5.74) is 0.646. The summed E-state index contributed by atoms with van der Waals surface area (Å²) in [6.07, 6.45) is 0.526. The zero-order valence-electron chi connectivity index (χ0n) is 22.5. The second-order valence-corrected chi connectivity index (χ2v) is 9.20. The van der Waals surface area contributed by atoms with E-state index in [4.69, 9.17) is 35.3 Å². The van der Waals surface area contributed by atoms with Gasteiger partial charge in [-0.05, 0) is 51.0 Å². The van der Waals surface area contributed by atoms with E-state index < -0.39 is 23.5 Å². The Kier molecular flexibility index (Phi) is 9.88. The number of hydrogen-bond donors (Lipinski definition) is 1. The third kappa shape index (κ3) is 6.00. The minimum absolute atomic E-state index is 0.0314. The van der Waals surface area contributed by atoms with E-state index in [1.807, 2.05) is 20.8 Å². The van der Waals surface area contributed by atoms with Gasteiger partial charge in [0.2, 0.25) is 0 Å². The fourth-order valence-corrected chi connectivity index (χ4v) is 4.56. The van der Waals surface area contributed by atoms with Gasteiger partial charge in [-0.2, -0.15) is 0 Å². The Hall–Kier alpha value is -3.43. The van der Waals surface area contributed by atoms with Crippen molar-refractivity contribution < 1.29 is 38.4 Å². The molecule has 1 unspecified atom stereocenters. The number of carbonyl (C=O) groups is 2. The summed E-state index contributed by atoms with van der Waals surface area (Å²) in [4.78, 5) is 28.1. The van der Waals surface area contributed by atoms with Gasteiger partial charge in [0.1, 0.15) is 17.3 Å². The zero-order chi connectivity index (χ0) is 28.0. The molecule has 0 bridgehead atoms. The highest BCUT2D eigenvalue weighted by Gasteiger charge is 2.46. The molecule has 0 aromatic heterocycles. The number of ketones is 1. The van der Waals surface area contributed by atoms with Crippen LogP contribution < -0.4 is 18.9 Å². The first-order valence-electron chi connectivity index (χ1n) is 12.3. The van der Waals surface area contributed by atoms with E-state index >= 15 is 0 Å². The van der Waals surface area contributed by atoms with Crippen molar-refractivity contribution >= 4 is 29.1 Å². The summed E-state index contributed by atoms with van der Waals surface area (Å²) in [5, 5.41) is 11.8. The van der Waals surface area contributed by atoms with Crippen molar-refractivity contribution in [3.63, 3.8) is 0 Å². The Balaban J connectivity index is 2.20. The molecule has 2 aromatic carbocycles. The van der Waals surface area contributed by atoms with Crippen molar-refractivity contribution in [1.82, 2.24) is 4.90 Å². The van der Waals surface area contributed by atoms with Crippen molar-refractivity contribution in [2.75, 3.05) is 41.1 Å². The summed E-state index contributed by atoms with van der Waals surface area (Å²) in [6.45, 7) is 6.71. The van der Waals surface area contributed by atoms with E-state index in [-0.39, 0.29) is 40.3 Å². The maximum atomic E-state index is 13.4. The molecule has 1 aliphatic heterocycles. The molecule has 0 radical (unpaired) electrons. The molecule has 38 heavy (non-hydrogen) atoms. The number of nitrogens with zero attached hydrogens (tertiary/aromatic N) is 1. The second-order valence-electron chi connectivity index (χ2n) is 8.80. The van der Waals surface area contributed by atoms with E-state index in [9.17, 15) is 14.7 Å². The van der Waals surface area contributed by atoms with Gasteiger partial charge in [-0.1, -0.05) is 17.7 Å². The number of aliphatic hydroxyl groups excluding tert-OH is 1. The molecular formula is C28H34ClNO8. The number of halogens is 1. The third-order valence-corrected chi connectivity index (χ3v) is 6.36. The molecule has 10 heteroatoms. The van der Waals surface area contributed by atoms with Gasteiger partial charge in [0.25, 0.3) is 11.7 Å². The smallest absolute Gasteiger partial charge is 0.295 e. The molecule has 1 saturated heterocycles. The fraction of sp³-hybridized carbons (Fsp3) is 0.429. The topological polar surface area (TPSA) is 104 Å².